The molecule has 3 nitrogen and oxygen atoms in total. The highest BCUT2D eigenvalue weighted by molar-refractivity contribution is 8.45. The molecule has 0 N–H and O–H groups in total. The molecule has 1 fully saturated rings. The third-order valence-electron chi connectivity index (χ3n) is 5.33. The minimum atomic E-state index is -9.75. The van der Waals surface area contributed by atoms with E-state index >= 15 is 0 Å². The SMILES string of the molecule is CCCOC1CCC(c2ccc(C(=O)Oc3ccc(S(F)(F)(F)(F)F)cc3)cc2)CC1. The number of ether oxygens (including phenoxy) is 2. The zero-order valence-corrected chi connectivity index (χ0v) is 17.9. The molecule has 0 radical (unpaired) electrons. The van der Waals surface area contributed by atoms with E-state index in [4.69, 9.17) is 9.47 Å². The molecule has 172 valence electrons. The van der Waals surface area contributed by atoms with Gasteiger partial charge in [0.05, 0.1) is 11.7 Å². The summed E-state index contributed by atoms with van der Waals surface area (Å²) in [5.41, 5.74) is 1.33. The first-order chi connectivity index (χ1) is 14.4. The van der Waals surface area contributed by atoms with E-state index in [2.05, 4.69) is 6.92 Å². The van der Waals surface area contributed by atoms with E-state index in [1.165, 1.54) is 0 Å². The Hall–Kier alpha value is -2.13. The fourth-order valence-corrected chi connectivity index (χ4v) is 4.32. The molecule has 1 aliphatic rings. The number of benzene rings is 2. The summed E-state index contributed by atoms with van der Waals surface area (Å²) in [6.45, 7) is 2.85. The number of rotatable bonds is 7. The Balaban J connectivity index is 1.59. The third-order valence-corrected chi connectivity index (χ3v) is 6.49. The highest BCUT2D eigenvalue weighted by Gasteiger charge is 2.65. The molecule has 9 heteroatoms. The molecule has 1 saturated carbocycles. The van der Waals surface area contributed by atoms with Gasteiger partial charge in [-0.25, -0.2) is 4.79 Å². The highest BCUT2D eigenvalue weighted by Crippen LogP contribution is 3.02. The van der Waals surface area contributed by atoms with Crippen LogP contribution >= 0.6 is 10.2 Å². The Kier molecular flexibility index (Phi) is 6.14. The Morgan fingerprint density at radius 2 is 1.48 bits per heavy atom. The first kappa shape index (κ1) is 23.5. The molecule has 0 amide bonds. The molecule has 0 aliphatic heterocycles. The van der Waals surface area contributed by atoms with Gasteiger partial charge in [0.15, 0.2) is 0 Å². The average molecular weight is 464 g/mol. The Morgan fingerprint density at radius 3 is 2.00 bits per heavy atom. The van der Waals surface area contributed by atoms with Gasteiger partial charge in [-0.15, -0.1) is 0 Å². The van der Waals surface area contributed by atoms with Crippen molar-refractivity contribution in [1.29, 1.82) is 0 Å². The number of hydrogen-bond acceptors (Lipinski definition) is 3. The maximum atomic E-state index is 12.8. The maximum absolute atomic E-state index is 12.8. The average Bonchev–Trinajstić information content (AvgIpc) is 2.71. The van der Waals surface area contributed by atoms with Crippen LogP contribution in [0, 0.1) is 0 Å². The second kappa shape index (κ2) is 8.09. The first-order valence-corrected chi connectivity index (χ1v) is 12.1. The summed E-state index contributed by atoms with van der Waals surface area (Å²) in [6.07, 6.45) is 5.27. The molecule has 31 heavy (non-hydrogen) atoms. The number of halogens is 5. The summed E-state index contributed by atoms with van der Waals surface area (Å²) < 4.78 is 74.6. The second-order valence-electron chi connectivity index (χ2n) is 7.80. The van der Waals surface area contributed by atoms with Gasteiger partial charge in [0.1, 0.15) is 10.6 Å². The van der Waals surface area contributed by atoms with Crippen LogP contribution in [0.5, 0.6) is 5.75 Å². The molecule has 2 aromatic rings. The van der Waals surface area contributed by atoms with E-state index in [-0.39, 0.29) is 23.4 Å². The van der Waals surface area contributed by atoms with Crippen molar-refractivity contribution in [3.05, 3.63) is 59.7 Å². The van der Waals surface area contributed by atoms with Gasteiger partial charge in [-0.3, -0.25) is 0 Å². The molecule has 0 bridgehead atoms. The van der Waals surface area contributed by atoms with Crippen molar-refractivity contribution in [1.82, 2.24) is 0 Å². The molecule has 1 aliphatic carbocycles. The van der Waals surface area contributed by atoms with Gasteiger partial charge in [0.2, 0.25) is 0 Å². The smallest absolute Gasteiger partial charge is 0.343 e. The van der Waals surface area contributed by atoms with E-state index in [0.29, 0.717) is 24.2 Å². The van der Waals surface area contributed by atoms with E-state index in [1.54, 1.807) is 12.1 Å². The fourth-order valence-electron chi connectivity index (χ4n) is 3.67. The molecule has 3 rings (SSSR count). The number of carbonyl (C=O) groups is 1. The second-order valence-corrected chi connectivity index (χ2v) is 10.2. The van der Waals surface area contributed by atoms with Crippen LogP contribution in [0.15, 0.2) is 53.4 Å². The summed E-state index contributed by atoms with van der Waals surface area (Å²) in [5, 5.41) is 0. The quantitative estimate of drug-likeness (QED) is 0.236. The van der Waals surface area contributed by atoms with Crippen molar-refractivity contribution < 1.29 is 33.7 Å². The van der Waals surface area contributed by atoms with Gasteiger partial charge in [0, 0.05) is 6.61 Å². The van der Waals surface area contributed by atoms with Gasteiger partial charge in [-0.2, -0.15) is 0 Å². The summed E-state index contributed by atoms with van der Waals surface area (Å²) in [6, 6.07) is 8.72. The molecular formula is C22H25F5O3S. The Bertz CT molecular complexity index is 904. The largest absolute Gasteiger partial charge is 0.423 e. The lowest BCUT2D eigenvalue weighted by Crippen LogP contribution is -2.21. The van der Waals surface area contributed by atoms with Crippen molar-refractivity contribution in [2.45, 2.75) is 55.9 Å². The third kappa shape index (κ3) is 6.43. The van der Waals surface area contributed by atoms with Gasteiger partial charge in [-0.05, 0) is 80.0 Å². The minimum Gasteiger partial charge on any atom is -0.423 e. The van der Waals surface area contributed by atoms with Crippen LogP contribution in [0.4, 0.5) is 19.4 Å². The minimum absolute atomic E-state index is 0.216. The molecule has 0 aromatic heterocycles. The van der Waals surface area contributed by atoms with Crippen LogP contribution in [0.25, 0.3) is 0 Å². The summed E-state index contributed by atoms with van der Waals surface area (Å²) in [4.78, 5) is 10.2. The summed E-state index contributed by atoms with van der Waals surface area (Å²) in [5.74, 6) is -0.639. The van der Waals surface area contributed by atoms with E-state index in [0.717, 1.165) is 44.3 Å². The van der Waals surface area contributed by atoms with Crippen molar-refractivity contribution in [2.75, 3.05) is 6.61 Å². The lowest BCUT2D eigenvalue weighted by atomic mass is 9.82. The zero-order valence-electron chi connectivity index (χ0n) is 17.0. The highest BCUT2D eigenvalue weighted by atomic mass is 32.5. The Morgan fingerprint density at radius 1 is 0.903 bits per heavy atom. The number of hydrogen-bond donors (Lipinski definition) is 0. The lowest BCUT2D eigenvalue weighted by Gasteiger charge is -2.40. The van der Waals surface area contributed by atoms with Crippen LogP contribution in [0.2, 0.25) is 0 Å². The predicted molar refractivity (Wildman–Crippen MR) is 110 cm³/mol. The van der Waals surface area contributed by atoms with Gasteiger partial charge in [-0.1, -0.05) is 38.5 Å². The summed E-state index contributed by atoms with van der Waals surface area (Å²) in [7, 11) is -9.75. The molecule has 0 atom stereocenters. The first-order valence-electron chi connectivity index (χ1n) is 10.1. The van der Waals surface area contributed by atoms with E-state index in [1.807, 2.05) is 12.1 Å². The standard InChI is InChI=1S/C22H25F5O3S/c1-2-15-29-19-9-7-17(8-10-19)16-3-5-18(6-4-16)22(28)30-20-11-13-21(14-12-20)31(23,24,25,26)27/h3-6,11-14,17,19H,2,7-10,15H2,1H3. The topological polar surface area (TPSA) is 35.5 Å². The van der Waals surface area contributed by atoms with Crippen LogP contribution in [0.3, 0.4) is 0 Å². The van der Waals surface area contributed by atoms with Gasteiger partial charge < -0.3 is 9.47 Å². The van der Waals surface area contributed by atoms with Crippen LogP contribution in [0.1, 0.15) is 60.9 Å². The van der Waals surface area contributed by atoms with Crippen LogP contribution in [-0.2, 0) is 4.74 Å². The van der Waals surface area contributed by atoms with E-state index in [9.17, 15) is 24.2 Å². The van der Waals surface area contributed by atoms with Crippen LogP contribution < -0.4 is 4.74 Å². The van der Waals surface area contributed by atoms with Gasteiger partial charge >= 0.3 is 16.2 Å². The van der Waals surface area contributed by atoms with Crippen molar-refractivity contribution >= 4 is 16.2 Å². The van der Waals surface area contributed by atoms with E-state index < -0.39 is 21.1 Å². The maximum Gasteiger partial charge on any atom is 0.343 e. The predicted octanol–water partition coefficient (Wildman–Crippen LogP) is 8.02. The van der Waals surface area contributed by atoms with Crippen molar-refractivity contribution in [3.8, 4) is 5.75 Å². The monoisotopic (exact) mass is 464 g/mol. The molecule has 0 spiro atoms. The molecule has 0 heterocycles. The molecular weight excluding hydrogens is 439 g/mol. The Labute approximate surface area is 178 Å². The lowest BCUT2D eigenvalue weighted by molar-refractivity contribution is 0.0251. The van der Waals surface area contributed by atoms with Gasteiger partial charge in [0.25, 0.3) is 0 Å². The normalized spacial score (nSPS) is 21.7. The molecule has 0 unspecified atom stereocenters. The number of carbonyl (C=O) groups excluding carboxylic acids is 1. The molecule has 2 aromatic carbocycles. The van der Waals surface area contributed by atoms with Crippen molar-refractivity contribution in [2.24, 2.45) is 0 Å². The fraction of sp³-hybridized carbons (Fsp3) is 0.409. The zero-order chi connectivity index (χ0) is 22.8. The van der Waals surface area contributed by atoms with Crippen molar-refractivity contribution in [3.63, 3.8) is 0 Å². The molecule has 0 saturated heterocycles. The number of esters is 1. The van der Waals surface area contributed by atoms with Crippen LogP contribution in [-0.4, -0.2) is 18.7 Å². The summed E-state index contributed by atoms with van der Waals surface area (Å²) >= 11 is 0.